The van der Waals surface area contributed by atoms with Crippen molar-refractivity contribution in [3.05, 3.63) is 41.7 Å². The standard InChI is InChI=1S/C16H21FN2O/c1-2-19-11-3-4-15(19)12-18-16(20)10-7-13-5-8-14(17)9-6-13/h5-10,15H,2-4,11-12H2,1H3,(H,18,20)/b10-7+/t15-/m1/s1. The Balaban J connectivity index is 1.79. The molecule has 1 amide bonds. The number of carbonyl (C=O) groups is 1. The van der Waals surface area contributed by atoms with Crippen LogP contribution in [0.1, 0.15) is 25.3 Å². The Kier molecular flexibility index (Phi) is 5.30. The van der Waals surface area contributed by atoms with Crippen molar-refractivity contribution < 1.29 is 9.18 Å². The number of amides is 1. The van der Waals surface area contributed by atoms with Gasteiger partial charge in [-0.2, -0.15) is 0 Å². The van der Waals surface area contributed by atoms with Gasteiger partial charge in [-0.3, -0.25) is 9.69 Å². The smallest absolute Gasteiger partial charge is 0.244 e. The topological polar surface area (TPSA) is 32.3 Å². The van der Waals surface area contributed by atoms with Crippen LogP contribution in [0.5, 0.6) is 0 Å². The molecule has 4 heteroatoms. The molecule has 1 aliphatic rings. The van der Waals surface area contributed by atoms with Crippen LogP contribution in [0, 0.1) is 5.82 Å². The Morgan fingerprint density at radius 2 is 2.20 bits per heavy atom. The third-order valence-corrected chi connectivity index (χ3v) is 3.71. The molecule has 1 saturated heterocycles. The van der Waals surface area contributed by atoms with Crippen LogP contribution in [0.4, 0.5) is 4.39 Å². The predicted octanol–water partition coefficient (Wildman–Crippen LogP) is 2.44. The lowest BCUT2D eigenvalue weighted by atomic mass is 10.2. The molecule has 0 bridgehead atoms. The first-order valence-corrected chi connectivity index (χ1v) is 7.14. The van der Waals surface area contributed by atoms with Crippen LogP contribution >= 0.6 is 0 Å². The summed E-state index contributed by atoms with van der Waals surface area (Å²) in [6.07, 6.45) is 5.55. The van der Waals surface area contributed by atoms with Gasteiger partial charge in [0.25, 0.3) is 0 Å². The lowest BCUT2D eigenvalue weighted by Gasteiger charge is -2.22. The summed E-state index contributed by atoms with van der Waals surface area (Å²) >= 11 is 0. The van der Waals surface area contributed by atoms with Gasteiger partial charge in [-0.15, -0.1) is 0 Å². The molecule has 1 heterocycles. The third kappa shape index (κ3) is 4.17. The fourth-order valence-electron chi connectivity index (χ4n) is 2.57. The average molecular weight is 276 g/mol. The van der Waals surface area contributed by atoms with Crippen LogP contribution in [-0.2, 0) is 4.79 Å². The van der Waals surface area contributed by atoms with E-state index in [2.05, 4.69) is 17.1 Å². The highest BCUT2D eigenvalue weighted by atomic mass is 19.1. The molecule has 108 valence electrons. The van der Waals surface area contributed by atoms with E-state index in [0.717, 1.165) is 25.1 Å². The maximum absolute atomic E-state index is 12.7. The maximum atomic E-state index is 12.7. The maximum Gasteiger partial charge on any atom is 0.244 e. The lowest BCUT2D eigenvalue weighted by molar-refractivity contribution is -0.116. The van der Waals surface area contributed by atoms with Crippen molar-refractivity contribution in [1.82, 2.24) is 10.2 Å². The van der Waals surface area contributed by atoms with Gasteiger partial charge in [0.2, 0.25) is 5.91 Å². The van der Waals surface area contributed by atoms with Crippen molar-refractivity contribution in [3.63, 3.8) is 0 Å². The summed E-state index contributed by atoms with van der Waals surface area (Å²) in [6, 6.07) is 6.53. The molecule has 3 nitrogen and oxygen atoms in total. The van der Waals surface area contributed by atoms with Gasteiger partial charge in [-0.05, 0) is 49.7 Å². The molecule has 0 unspecified atom stereocenters. The van der Waals surface area contributed by atoms with Crippen molar-refractivity contribution in [3.8, 4) is 0 Å². The SMILES string of the molecule is CCN1CCC[C@@H]1CNC(=O)/C=C/c1ccc(F)cc1. The zero-order valence-corrected chi connectivity index (χ0v) is 11.8. The number of hydrogen-bond donors (Lipinski definition) is 1. The van der Waals surface area contributed by atoms with E-state index in [4.69, 9.17) is 0 Å². The van der Waals surface area contributed by atoms with Crippen LogP contribution in [0.15, 0.2) is 30.3 Å². The molecule has 1 fully saturated rings. The number of carbonyl (C=O) groups excluding carboxylic acids is 1. The van der Waals surface area contributed by atoms with E-state index in [-0.39, 0.29) is 11.7 Å². The zero-order valence-electron chi connectivity index (χ0n) is 11.8. The highest BCUT2D eigenvalue weighted by Crippen LogP contribution is 2.15. The molecule has 0 saturated carbocycles. The second kappa shape index (κ2) is 7.20. The number of hydrogen-bond acceptors (Lipinski definition) is 2. The number of nitrogens with zero attached hydrogens (tertiary/aromatic N) is 1. The first kappa shape index (κ1) is 14.7. The van der Waals surface area contributed by atoms with Gasteiger partial charge >= 0.3 is 0 Å². The Morgan fingerprint density at radius 1 is 1.45 bits per heavy atom. The molecule has 1 aromatic carbocycles. The van der Waals surface area contributed by atoms with Crippen LogP contribution in [0.3, 0.4) is 0 Å². The van der Waals surface area contributed by atoms with Crippen LogP contribution in [-0.4, -0.2) is 36.5 Å². The van der Waals surface area contributed by atoms with Gasteiger partial charge in [0.05, 0.1) is 0 Å². The monoisotopic (exact) mass is 276 g/mol. The van der Waals surface area contributed by atoms with Crippen molar-refractivity contribution in [2.75, 3.05) is 19.6 Å². The average Bonchev–Trinajstić information content (AvgIpc) is 2.92. The lowest BCUT2D eigenvalue weighted by Crippen LogP contribution is -2.39. The van der Waals surface area contributed by atoms with Crippen LogP contribution < -0.4 is 5.32 Å². The number of nitrogens with one attached hydrogen (secondary N) is 1. The second-order valence-electron chi connectivity index (χ2n) is 5.05. The minimum absolute atomic E-state index is 0.0997. The number of likely N-dealkylation sites (tertiary alicyclic amines) is 1. The van der Waals surface area contributed by atoms with Crippen molar-refractivity contribution in [1.29, 1.82) is 0 Å². The summed E-state index contributed by atoms with van der Waals surface area (Å²) in [4.78, 5) is 14.1. The van der Waals surface area contributed by atoms with E-state index in [1.807, 2.05) is 0 Å². The molecule has 0 aromatic heterocycles. The third-order valence-electron chi connectivity index (χ3n) is 3.71. The molecule has 1 aromatic rings. The number of rotatable bonds is 5. The van der Waals surface area contributed by atoms with Crippen molar-refractivity contribution >= 4 is 12.0 Å². The molecule has 1 N–H and O–H groups in total. The van der Waals surface area contributed by atoms with Crippen molar-refractivity contribution in [2.24, 2.45) is 0 Å². The first-order chi connectivity index (χ1) is 9.69. The number of benzene rings is 1. The van der Waals surface area contributed by atoms with E-state index >= 15 is 0 Å². The minimum Gasteiger partial charge on any atom is -0.351 e. The summed E-state index contributed by atoms with van der Waals surface area (Å²) in [5.41, 5.74) is 0.817. The Hall–Kier alpha value is -1.68. The Bertz CT molecular complexity index is 470. The summed E-state index contributed by atoms with van der Waals surface area (Å²) in [5, 5.41) is 2.93. The molecule has 20 heavy (non-hydrogen) atoms. The van der Waals surface area contributed by atoms with E-state index in [1.54, 1.807) is 18.2 Å². The van der Waals surface area contributed by atoms with Crippen LogP contribution in [0.2, 0.25) is 0 Å². The second-order valence-corrected chi connectivity index (χ2v) is 5.05. The summed E-state index contributed by atoms with van der Waals surface area (Å²) in [6.45, 7) is 5.00. The fraction of sp³-hybridized carbons (Fsp3) is 0.438. The molecule has 0 spiro atoms. The summed E-state index contributed by atoms with van der Waals surface area (Å²) in [5.74, 6) is -0.371. The molecule has 1 atom stereocenters. The van der Waals surface area contributed by atoms with Gasteiger partial charge in [0, 0.05) is 18.7 Å². The largest absolute Gasteiger partial charge is 0.351 e. The minimum atomic E-state index is -0.271. The highest BCUT2D eigenvalue weighted by molar-refractivity contribution is 5.91. The quantitative estimate of drug-likeness (QED) is 0.838. The number of halogens is 1. The molecule has 0 aliphatic carbocycles. The Labute approximate surface area is 119 Å². The zero-order chi connectivity index (χ0) is 14.4. The van der Waals surface area contributed by atoms with Gasteiger partial charge in [0.15, 0.2) is 0 Å². The highest BCUT2D eigenvalue weighted by Gasteiger charge is 2.22. The number of likely N-dealkylation sites (N-methyl/N-ethyl adjacent to an activating group) is 1. The van der Waals surface area contributed by atoms with E-state index in [9.17, 15) is 9.18 Å². The molecule has 2 rings (SSSR count). The first-order valence-electron chi connectivity index (χ1n) is 7.14. The molecular weight excluding hydrogens is 255 g/mol. The molecular formula is C16H21FN2O. The normalized spacial score (nSPS) is 19.6. The van der Waals surface area contributed by atoms with E-state index in [0.29, 0.717) is 12.6 Å². The fourth-order valence-corrected chi connectivity index (χ4v) is 2.57. The molecule has 1 aliphatic heterocycles. The van der Waals surface area contributed by atoms with Crippen LogP contribution in [0.25, 0.3) is 6.08 Å². The van der Waals surface area contributed by atoms with E-state index in [1.165, 1.54) is 24.6 Å². The Morgan fingerprint density at radius 3 is 2.90 bits per heavy atom. The van der Waals surface area contributed by atoms with Gasteiger partial charge in [-0.25, -0.2) is 4.39 Å². The van der Waals surface area contributed by atoms with Gasteiger partial charge in [-0.1, -0.05) is 19.1 Å². The predicted molar refractivity (Wildman–Crippen MR) is 78.7 cm³/mol. The van der Waals surface area contributed by atoms with E-state index < -0.39 is 0 Å². The summed E-state index contributed by atoms with van der Waals surface area (Å²) < 4.78 is 12.7. The molecule has 0 radical (unpaired) electrons. The van der Waals surface area contributed by atoms with Gasteiger partial charge in [0.1, 0.15) is 5.82 Å². The van der Waals surface area contributed by atoms with Crippen molar-refractivity contribution in [2.45, 2.75) is 25.8 Å². The summed E-state index contributed by atoms with van der Waals surface area (Å²) in [7, 11) is 0. The van der Waals surface area contributed by atoms with Gasteiger partial charge < -0.3 is 5.32 Å².